The summed E-state index contributed by atoms with van der Waals surface area (Å²) in [4.78, 5) is 27.6. The summed E-state index contributed by atoms with van der Waals surface area (Å²) in [7, 11) is 1.62. The third kappa shape index (κ3) is 8.25. The monoisotopic (exact) mass is 440 g/mol. The Hall–Kier alpha value is -3.02. The van der Waals surface area contributed by atoms with E-state index in [4.69, 9.17) is 9.47 Å². The molecule has 174 valence electrons. The van der Waals surface area contributed by atoms with Gasteiger partial charge in [-0.25, -0.2) is 0 Å². The van der Waals surface area contributed by atoms with E-state index in [1.807, 2.05) is 68.4 Å². The number of nitrogens with zero attached hydrogens (tertiary/aromatic N) is 1. The van der Waals surface area contributed by atoms with E-state index in [9.17, 15) is 9.59 Å². The van der Waals surface area contributed by atoms with E-state index in [0.717, 1.165) is 23.5 Å². The third-order valence-electron chi connectivity index (χ3n) is 5.28. The van der Waals surface area contributed by atoms with Crippen molar-refractivity contribution in [1.29, 1.82) is 0 Å². The highest BCUT2D eigenvalue weighted by atomic mass is 16.5. The maximum Gasteiger partial charge on any atom is 0.242 e. The number of benzene rings is 2. The van der Waals surface area contributed by atoms with Crippen molar-refractivity contribution in [1.82, 2.24) is 10.2 Å². The van der Waals surface area contributed by atoms with Crippen LogP contribution >= 0.6 is 0 Å². The van der Waals surface area contributed by atoms with Gasteiger partial charge in [-0.05, 0) is 55.5 Å². The zero-order valence-electron chi connectivity index (χ0n) is 19.5. The fraction of sp³-hybridized carbons (Fsp3) is 0.462. The highest BCUT2D eigenvalue weighted by Crippen LogP contribution is 2.17. The largest absolute Gasteiger partial charge is 0.497 e. The van der Waals surface area contributed by atoms with E-state index in [1.165, 1.54) is 0 Å². The van der Waals surface area contributed by atoms with Gasteiger partial charge in [-0.3, -0.25) is 9.59 Å². The Morgan fingerprint density at radius 2 is 1.69 bits per heavy atom. The van der Waals surface area contributed by atoms with Gasteiger partial charge in [0, 0.05) is 19.5 Å². The fourth-order valence-corrected chi connectivity index (χ4v) is 3.49. The Morgan fingerprint density at radius 1 is 1.00 bits per heavy atom. The van der Waals surface area contributed by atoms with Crippen molar-refractivity contribution >= 4 is 11.8 Å². The number of amides is 2. The van der Waals surface area contributed by atoms with E-state index in [2.05, 4.69) is 5.32 Å². The Bertz CT molecular complexity index is 808. The second kappa shape index (κ2) is 14.1. The van der Waals surface area contributed by atoms with Gasteiger partial charge in [-0.2, -0.15) is 0 Å². The first-order chi connectivity index (χ1) is 15.6. The van der Waals surface area contributed by atoms with Gasteiger partial charge >= 0.3 is 0 Å². The number of ether oxygens (including phenoxy) is 2. The van der Waals surface area contributed by atoms with Gasteiger partial charge in [-0.15, -0.1) is 0 Å². The summed E-state index contributed by atoms with van der Waals surface area (Å²) in [5.41, 5.74) is 1.15. The van der Waals surface area contributed by atoms with Crippen LogP contribution in [0.5, 0.6) is 11.5 Å². The molecule has 2 aromatic carbocycles. The molecule has 0 aliphatic rings. The fourth-order valence-electron chi connectivity index (χ4n) is 3.49. The predicted molar refractivity (Wildman–Crippen MR) is 127 cm³/mol. The van der Waals surface area contributed by atoms with E-state index in [0.29, 0.717) is 45.4 Å². The van der Waals surface area contributed by atoms with Crippen LogP contribution in [0, 0.1) is 0 Å². The molecule has 32 heavy (non-hydrogen) atoms. The van der Waals surface area contributed by atoms with E-state index in [1.54, 1.807) is 12.0 Å². The lowest BCUT2D eigenvalue weighted by atomic mass is 10.1. The normalized spacial score (nSPS) is 11.5. The molecule has 1 atom stereocenters. The zero-order chi connectivity index (χ0) is 23.2. The average Bonchev–Trinajstić information content (AvgIpc) is 2.83. The number of hydrogen-bond donors (Lipinski definition) is 1. The summed E-state index contributed by atoms with van der Waals surface area (Å²) < 4.78 is 10.9. The SMILES string of the molecule is CCCNC(=O)[C@H](CC)N(CCc1ccccc1)C(=O)CCCOc1ccc(OC)cc1. The molecule has 6 nitrogen and oxygen atoms in total. The van der Waals surface area contributed by atoms with Crippen LogP contribution in [-0.2, 0) is 16.0 Å². The zero-order valence-corrected chi connectivity index (χ0v) is 19.5. The molecule has 2 rings (SSSR count). The quantitative estimate of drug-likeness (QED) is 0.447. The van der Waals surface area contributed by atoms with Crippen LogP contribution in [0.25, 0.3) is 0 Å². The molecule has 0 aliphatic heterocycles. The van der Waals surface area contributed by atoms with Gasteiger partial charge in [0.15, 0.2) is 0 Å². The van der Waals surface area contributed by atoms with Crippen molar-refractivity contribution < 1.29 is 19.1 Å². The summed E-state index contributed by atoms with van der Waals surface area (Å²) in [5, 5.41) is 2.95. The van der Waals surface area contributed by atoms with Gasteiger partial charge in [0.2, 0.25) is 11.8 Å². The van der Waals surface area contributed by atoms with Crippen molar-refractivity contribution in [3.05, 3.63) is 60.2 Å². The maximum atomic E-state index is 13.1. The lowest BCUT2D eigenvalue weighted by molar-refractivity contribution is -0.140. The molecule has 0 heterocycles. The number of carbonyl (C=O) groups is 2. The first-order valence-electron chi connectivity index (χ1n) is 11.5. The number of carbonyl (C=O) groups excluding carboxylic acids is 2. The molecule has 0 unspecified atom stereocenters. The molecule has 1 N–H and O–H groups in total. The molecule has 0 bridgehead atoms. The third-order valence-corrected chi connectivity index (χ3v) is 5.28. The number of methoxy groups -OCH3 is 1. The predicted octanol–water partition coefficient (Wildman–Crippen LogP) is 4.23. The van der Waals surface area contributed by atoms with Crippen LogP contribution in [0.1, 0.15) is 45.1 Å². The molecule has 2 aromatic rings. The summed E-state index contributed by atoms with van der Waals surface area (Å²) in [5.74, 6) is 1.42. The molecule has 0 radical (unpaired) electrons. The number of rotatable bonds is 14. The molecule has 0 saturated carbocycles. The highest BCUT2D eigenvalue weighted by Gasteiger charge is 2.27. The minimum Gasteiger partial charge on any atom is -0.497 e. The van der Waals surface area contributed by atoms with Crippen LogP contribution in [-0.4, -0.2) is 49.6 Å². The van der Waals surface area contributed by atoms with Crippen molar-refractivity contribution in [2.24, 2.45) is 0 Å². The minimum absolute atomic E-state index is 0.0160. The maximum absolute atomic E-state index is 13.1. The first-order valence-corrected chi connectivity index (χ1v) is 11.5. The van der Waals surface area contributed by atoms with Gasteiger partial charge < -0.3 is 19.7 Å². The Kier molecular flexibility index (Phi) is 11.1. The van der Waals surface area contributed by atoms with Crippen LogP contribution in [0.4, 0.5) is 0 Å². The van der Waals surface area contributed by atoms with Crippen molar-refractivity contribution in [3.63, 3.8) is 0 Å². The molecule has 6 heteroatoms. The van der Waals surface area contributed by atoms with Crippen molar-refractivity contribution in [2.45, 2.75) is 52.0 Å². The lowest BCUT2D eigenvalue weighted by Crippen LogP contribution is -2.50. The summed E-state index contributed by atoms with van der Waals surface area (Å²) >= 11 is 0. The number of nitrogens with one attached hydrogen (secondary N) is 1. The molecule has 0 aromatic heterocycles. The first kappa shape index (κ1) is 25.2. The van der Waals surface area contributed by atoms with Crippen molar-refractivity contribution in [2.75, 3.05) is 26.8 Å². The van der Waals surface area contributed by atoms with E-state index in [-0.39, 0.29) is 11.8 Å². The molecule has 0 spiro atoms. The van der Waals surface area contributed by atoms with Gasteiger partial charge in [0.1, 0.15) is 17.5 Å². The summed E-state index contributed by atoms with van der Waals surface area (Å²) in [6, 6.07) is 17.0. The molecule has 0 fully saturated rings. The molecule has 2 amide bonds. The Morgan fingerprint density at radius 3 is 2.31 bits per heavy atom. The van der Waals surface area contributed by atoms with E-state index >= 15 is 0 Å². The van der Waals surface area contributed by atoms with Gasteiger partial charge in [0.25, 0.3) is 0 Å². The molecule has 0 aliphatic carbocycles. The lowest BCUT2D eigenvalue weighted by Gasteiger charge is -2.30. The van der Waals surface area contributed by atoms with Crippen LogP contribution in [0.15, 0.2) is 54.6 Å². The van der Waals surface area contributed by atoms with Gasteiger partial charge in [0.05, 0.1) is 13.7 Å². The second-order valence-corrected chi connectivity index (χ2v) is 7.67. The Balaban J connectivity index is 1.95. The highest BCUT2D eigenvalue weighted by molar-refractivity contribution is 5.87. The van der Waals surface area contributed by atoms with Crippen LogP contribution in [0.2, 0.25) is 0 Å². The number of hydrogen-bond acceptors (Lipinski definition) is 4. The molecule has 0 saturated heterocycles. The van der Waals surface area contributed by atoms with Crippen LogP contribution in [0.3, 0.4) is 0 Å². The second-order valence-electron chi connectivity index (χ2n) is 7.67. The van der Waals surface area contributed by atoms with E-state index < -0.39 is 6.04 Å². The minimum atomic E-state index is -0.458. The standard InChI is InChI=1S/C26H36N2O4/c1-4-18-27-26(30)24(5-2)28(19-17-21-10-7-6-8-11-21)25(29)12-9-20-32-23-15-13-22(31-3)14-16-23/h6-8,10-11,13-16,24H,4-5,9,12,17-20H2,1-3H3,(H,27,30)/t24-/m0/s1. The topological polar surface area (TPSA) is 67.9 Å². The smallest absolute Gasteiger partial charge is 0.242 e. The average molecular weight is 441 g/mol. The summed E-state index contributed by atoms with van der Waals surface area (Å²) in [6.07, 6.45) is 3.08. The molecular formula is C26H36N2O4. The summed E-state index contributed by atoms with van der Waals surface area (Å²) in [6.45, 7) is 5.53. The van der Waals surface area contributed by atoms with Crippen molar-refractivity contribution in [3.8, 4) is 11.5 Å². The van der Waals surface area contributed by atoms with Gasteiger partial charge in [-0.1, -0.05) is 44.2 Å². The Labute approximate surface area is 191 Å². The van der Waals surface area contributed by atoms with Crippen LogP contribution < -0.4 is 14.8 Å². The molecular weight excluding hydrogens is 404 g/mol.